The summed E-state index contributed by atoms with van der Waals surface area (Å²) in [6.07, 6.45) is 25.3. The summed E-state index contributed by atoms with van der Waals surface area (Å²) >= 11 is 0. The van der Waals surface area contributed by atoms with Crippen LogP contribution in [0.1, 0.15) is 189 Å². The van der Waals surface area contributed by atoms with E-state index in [0.29, 0.717) is 52.9 Å². The van der Waals surface area contributed by atoms with Gasteiger partial charge in [-0.1, -0.05) is 142 Å². The van der Waals surface area contributed by atoms with Crippen LogP contribution in [0, 0.1) is 6.92 Å². The summed E-state index contributed by atoms with van der Waals surface area (Å²) in [6.45, 7) is 7.59. The molecule has 0 unspecified atom stereocenters. The third-order valence-electron chi connectivity index (χ3n) is 12.9. The van der Waals surface area contributed by atoms with E-state index in [2.05, 4.69) is 13.8 Å². The van der Waals surface area contributed by atoms with E-state index in [1.807, 2.05) is 19.1 Å². The molecule has 0 atom stereocenters. The number of aryl methyl sites for hydroxylation is 1. The average Bonchev–Trinajstić information content (AvgIpc) is 3.41. The van der Waals surface area contributed by atoms with Gasteiger partial charge in [0.1, 0.15) is 34.5 Å². The van der Waals surface area contributed by atoms with Crippen LogP contribution in [-0.2, 0) is 0 Å². The topological polar surface area (TPSA) is 124 Å². The number of carbonyl (C=O) groups is 4. The molecule has 6 aromatic rings. The maximum atomic E-state index is 13.3. The van der Waals surface area contributed by atoms with Crippen molar-refractivity contribution >= 4 is 34.6 Å². The maximum Gasteiger partial charge on any atom is 0.343 e. The van der Waals surface area contributed by atoms with Crippen LogP contribution in [0.25, 0.3) is 10.8 Å². The first-order valence-electron chi connectivity index (χ1n) is 26.8. The molecule has 0 aromatic heterocycles. The lowest BCUT2D eigenvalue weighted by molar-refractivity contribution is 0.0720. The van der Waals surface area contributed by atoms with E-state index in [1.165, 1.54) is 127 Å². The van der Waals surface area contributed by atoms with Crippen molar-refractivity contribution in [2.75, 3.05) is 13.2 Å². The molecule has 0 saturated carbocycles. The number of fused-ring (bicyclic) bond motifs is 1. The fraction of sp³-hybridized carbons (Fsp3) is 0.397. The quantitative estimate of drug-likeness (QED) is 0.0229. The smallest absolute Gasteiger partial charge is 0.343 e. The predicted octanol–water partition coefficient (Wildman–Crippen LogP) is 16.6. The van der Waals surface area contributed by atoms with Gasteiger partial charge in [-0.2, -0.15) is 0 Å². The zero-order chi connectivity index (χ0) is 51.5. The second-order valence-electron chi connectivity index (χ2n) is 18.8. The van der Waals surface area contributed by atoms with E-state index in [0.717, 1.165) is 36.5 Å². The van der Waals surface area contributed by atoms with Crippen molar-refractivity contribution < 1.29 is 47.6 Å². The third-order valence-corrected chi connectivity index (χ3v) is 12.9. The molecule has 10 nitrogen and oxygen atoms in total. The summed E-state index contributed by atoms with van der Waals surface area (Å²) in [6, 6.07) is 34.9. The zero-order valence-electron chi connectivity index (χ0n) is 43.3. The molecular weight excluding hydrogens is 917 g/mol. The van der Waals surface area contributed by atoms with Gasteiger partial charge in [-0.25, -0.2) is 19.2 Å². The molecule has 0 amide bonds. The number of ether oxygens (including phenoxy) is 6. The van der Waals surface area contributed by atoms with Crippen molar-refractivity contribution in [2.24, 2.45) is 0 Å². The maximum absolute atomic E-state index is 13.3. The second kappa shape index (κ2) is 30.8. The molecule has 0 bridgehead atoms. The minimum atomic E-state index is -0.600. The number of hydrogen-bond donors (Lipinski definition) is 0. The minimum absolute atomic E-state index is 0.262. The van der Waals surface area contributed by atoms with Gasteiger partial charge in [0.05, 0.1) is 35.5 Å². The molecule has 6 rings (SSSR count). The number of benzene rings is 6. The number of rotatable bonds is 32. The van der Waals surface area contributed by atoms with E-state index >= 15 is 0 Å². The van der Waals surface area contributed by atoms with Crippen LogP contribution in [-0.4, -0.2) is 37.1 Å². The fourth-order valence-corrected chi connectivity index (χ4v) is 8.51. The third kappa shape index (κ3) is 18.9. The summed E-state index contributed by atoms with van der Waals surface area (Å²) < 4.78 is 34.5. The van der Waals surface area contributed by atoms with Gasteiger partial charge in [0.25, 0.3) is 0 Å². The van der Waals surface area contributed by atoms with Crippen molar-refractivity contribution in [3.05, 3.63) is 155 Å². The molecule has 0 fully saturated rings. The van der Waals surface area contributed by atoms with E-state index < -0.39 is 23.9 Å². The van der Waals surface area contributed by atoms with Gasteiger partial charge in [-0.05, 0) is 151 Å². The van der Waals surface area contributed by atoms with Crippen LogP contribution in [0.3, 0.4) is 0 Å². The second-order valence-corrected chi connectivity index (χ2v) is 18.8. The molecular formula is C63H74O10. The first-order chi connectivity index (χ1) is 35.7. The number of esters is 4. The van der Waals surface area contributed by atoms with Crippen molar-refractivity contribution in [3.63, 3.8) is 0 Å². The Balaban J connectivity index is 0.907. The van der Waals surface area contributed by atoms with Crippen molar-refractivity contribution in [1.29, 1.82) is 0 Å². The molecule has 0 heterocycles. The molecule has 0 spiro atoms. The van der Waals surface area contributed by atoms with Gasteiger partial charge in [-0.15, -0.1) is 0 Å². The molecule has 386 valence electrons. The van der Waals surface area contributed by atoms with Gasteiger partial charge < -0.3 is 28.4 Å². The van der Waals surface area contributed by atoms with Crippen LogP contribution in [0.4, 0.5) is 0 Å². The number of hydrogen-bond acceptors (Lipinski definition) is 10. The molecule has 0 aliphatic rings. The van der Waals surface area contributed by atoms with E-state index in [1.54, 1.807) is 91.0 Å². The Morgan fingerprint density at radius 1 is 0.329 bits per heavy atom. The van der Waals surface area contributed by atoms with Gasteiger partial charge in [0.2, 0.25) is 0 Å². The van der Waals surface area contributed by atoms with E-state index in [-0.39, 0.29) is 22.6 Å². The Bertz CT molecular complexity index is 2610. The number of unbranched alkanes of at least 4 members (excludes halogenated alkanes) is 18. The Morgan fingerprint density at radius 2 is 0.630 bits per heavy atom. The average molecular weight is 991 g/mol. The Hall–Kier alpha value is -6.94. The van der Waals surface area contributed by atoms with Crippen LogP contribution in [0.15, 0.2) is 127 Å². The molecule has 0 saturated heterocycles. The van der Waals surface area contributed by atoms with Crippen molar-refractivity contribution in [2.45, 2.75) is 149 Å². The van der Waals surface area contributed by atoms with Crippen LogP contribution in [0.5, 0.6) is 34.5 Å². The van der Waals surface area contributed by atoms with Crippen molar-refractivity contribution in [3.8, 4) is 34.5 Å². The monoisotopic (exact) mass is 991 g/mol. The number of carbonyl (C=O) groups excluding carboxylic acids is 4. The highest BCUT2D eigenvalue weighted by atomic mass is 16.5. The lowest BCUT2D eigenvalue weighted by Gasteiger charge is -2.12. The van der Waals surface area contributed by atoms with Crippen LogP contribution < -0.4 is 28.4 Å². The van der Waals surface area contributed by atoms with Crippen LogP contribution in [0.2, 0.25) is 0 Å². The van der Waals surface area contributed by atoms with E-state index in [4.69, 9.17) is 28.4 Å². The molecule has 0 radical (unpaired) electrons. The van der Waals surface area contributed by atoms with Gasteiger partial charge in [-0.3, -0.25) is 0 Å². The van der Waals surface area contributed by atoms with Gasteiger partial charge in [0, 0.05) is 0 Å². The zero-order valence-corrected chi connectivity index (χ0v) is 43.3. The van der Waals surface area contributed by atoms with Gasteiger partial charge in [0.15, 0.2) is 0 Å². The molecule has 10 heteroatoms. The largest absolute Gasteiger partial charge is 0.494 e. The minimum Gasteiger partial charge on any atom is -0.494 e. The fourth-order valence-electron chi connectivity index (χ4n) is 8.51. The first-order valence-corrected chi connectivity index (χ1v) is 26.8. The van der Waals surface area contributed by atoms with E-state index in [9.17, 15) is 19.2 Å². The molecule has 6 aromatic carbocycles. The summed E-state index contributed by atoms with van der Waals surface area (Å²) in [7, 11) is 0. The molecule has 0 aliphatic carbocycles. The lowest BCUT2D eigenvalue weighted by atomic mass is 10.0. The summed E-state index contributed by atoms with van der Waals surface area (Å²) in [5.74, 6) is 0.363. The first kappa shape index (κ1) is 55.4. The Labute approximate surface area is 432 Å². The molecule has 73 heavy (non-hydrogen) atoms. The van der Waals surface area contributed by atoms with Gasteiger partial charge >= 0.3 is 23.9 Å². The molecule has 0 N–H and O–H groups in total. The highest BCUT2D eigenvalue weighted by Crippen LogP contribution is 2.32. The standard InChI is InChI=1S/C63H74O10/c1-4-6-8-10-12-14-16-18-20-22-44-68-53-34-25-49(26-35-53)60(64)70-55-38-29-51(30-39-55)62(66)72-57-42-24-48-33-43-59(47(3)58(48)46-57)73-63(67)52-31-40-56(41-32-52)71-61(65)50-27-36-54(37-28-50)69-45-23-21-19-17-15-13-11-9-7-5-2/h24-43,46H,4-23,44-45H2,1-3H3. The Morgan fingerprint density at radius 3 is 1.01 bits per heavy atom. The predicted molar refractivity (Wildman–Crippen MR) is 289 cm³/mol. The van der Waals surface area contributed by atoms with Crippen molar-refractivity contribution in [1.82, 2.24) is 0 Å². The SMILES string of the molecule is CCCCCCCCCCCCOc1ccc(C(=O)Oc2ccc(C(=O)Oc3ccc4ccc(OC(=O)c5ccc(OC(=O)c6ccc(OCCCCCCCCCCCC)cc6)cc5)c(C)c4c3)cc2)cc1. The summed E-state index contributed by atoms with van der Waals surface area (Å²) in [4.78, 5) is 52.3. The summed E-state index contributed by atoms with van der Waals surface area (Å²) in [5, 5.41) is 1.58. The highest BCUT2D eigenvalue weighted by Gasteiger charge is 2.17. The highest BCUT2D eigenvalue weighted by molar-refractivity contribution is 5.96. The van der Waals surface area contributed by atoms with Crippen LogP contribution >= 0.6 is 0 Å². The Kier molecular flexibility index (Phi) is 23.4. The normalized spacial score (nSPS) is 11.0. The summed E-state index contributed by atoms with van der Waals surface area (Å²) in [5.41, 5.74) is 1.96. The lowest BCUT2D eigenvalue weighted by Crippen LogP contribution is -2.11. The molecule has 0 aliphatic heterocycles.